The highest BCUT2D eigenvalue weighted by atomic mass is 16.3. The normalized spacial score (nSPS) is 12.8. The van der Waals surface area contributed by atoms with Gasteiger partial charge in [0.1, 0.15) is 11.5 Å². The van der Waals surface area contributed by atoms with E-state index in [9.17, 15) is 19.8 Å². The van der Waals surface area contributed by atoms with Crippen LogP contribution in [0.3, 0.4) is 0 Å². The first kappa shape index (κ1) is 14.2. The maximum absolute atomic E-state index is 12.7. The van der Waals surface area contributed by atoms with Crippen molar-refractivity contribution in [1.29, 1.82) is 0 Å². The van der Waals surface area contributed by atoms with Crippen molar-refractivity contribution in [2.24, 2.45) is 0 Å². The Hall–Kier alpha value is -3.41. The van der Waals surface area contributed by atoms with Crippen LogP contribution >= 0.6 is 0 Å². The summed E-state index contributed by atoms with van der Waals surface area (Å²) in [5.74, 6) is -1.48. The summed E-state index contributed by atoms with van der Waals surface area (Å²) >= 11 is 0. The number of aromatic hydroxyl groups is 2. The third-order valence-corrected chi connectivity index (χ3v) is 4.09. The number of carbonyl (C=O) groups is 2. The van der Waals surface area contributed by atoms with Crippen LogP contribution in [0.5, 0.6) is 11.5 Å². The number of imidazole rings is 1. The van der Waals surface area contributed by atoms with Crippen molar-refractivity contribution in [2.45, 2.75) is 6.54 Å². The average molecular weight is 320 g/mol. The summed E-state index contributed by atoms with van der Waals surface area (Å²) in [6.07, 6.45) is 5.01. The lowest BCUT2D eigenvalue weighted by atomic mass is 9.82. The summed E-state index contributed by atoms with van der Waals surface area (Å²) in [6, 6.07) is 7.41. The molecule has 4 rings (SSSR count). The van der Waals surface area contributed by atoms with E-state index >= 15 is 0 Å². The fourth-order valence-corrected chi connectivity index (χ4v) is 3.02. The SMILES string of the molecule is O=C1c2cccc(O)c2C(=O)c2c(O)cc(Cn3ccnc3)cc21. The molecule has 6 heteroatoms. The van der Waals surface area contributed by atoms with Crippen molar-refractivity contribution in [2.75, 3.05) is 0 Å². The monoisotopic (exact) mass is 320 g/mol. The number of hydrogen-bond acceptors (Lipinski definition) is 5. The summed E-state index contributed by atoms with van der Waals surface area (Å²) in [5.41, 5.74) is 0.838. The van der Waals surface area contributed by atoms with Crippen LogP contribution in [0.4, 0.5) is 0 Å². The minimum atomic E-state index is -0.551. The molecule has 6 nitrogen and oxygen atoms in total. The second-order valence-corrected chi connectivity index (χ2v) is 5.63. The lowest BCUT2D eigenvalue weighted by Crippen LogP contribution is -2.21. The number of rotatable bonds is 2. The molecule has 0 spiro atoms. The van der Waals surface area contributed by atoms with E-state index in [-0.39, 0.29) is 33.8 Å². The number of benzene rings is 2. The van der Waals surface area contributed by atoms with Crippen molar-refractivity contribution in [3.05, 3.63) is 76.9 Å². The lowest BCUT2D eigenvalue weighted by molar-refractivity contribution is 0.0974. The van der Waals surface area contributed by atoms with Crippen LogP contribution in [-0.4, -0.2) is 31.3 Å². The van der Waals surface area contributed by atoms with Gasteiger partial charge >= 0.3 is 0 Å². The zero-order valence-electron chi connectivity index (χ0n) is 12.4. The van der Waals surface area contributed by atoms with Crippen LogP contribution in [0, 0.1) is 0 Å². The average Bonchev–Trinajstić information content (AvgIpc) is 3.05. The van der Waals surface area contributed by atoms with E-state index in [4.69, 9.17) is 0 Å². The zero-order valence-corrected chi connectivity index (χ0v) is 12.4. The van der Waals surface area contributed by atoms with Gasteiger partial charge in [-0.3, -0.25) is 9.59 Å². The van der Waals surface area contributed by atoms with Gasteiger partial charge in [0.15, 0.2) is 5.78 Å². The maximum Gasteiger partial charge on any atom is 0.201 e. The predicted octanol–water partition coefficient (Wildman–Crippen LogP) is 2.12. The molecule has 0 aliphatic heterocycles. The van der Waals surface area contributed by atoms with E-state index in [0.717, 1.165) is 0 Å². The Balaban J connectivity index is 1.88. The molecule has 1 aliphatic rings. The molecule has 0 atom stereocenters. The summed E-state index contributed by atoms with van der Waals surface area (Å²) in [6.45, 7) is 0.412. The Morgan fingerprint density at radius 1 is 0.958 bits per heavy atom. The fourth-order valence-electron chi connectivity index (χ4n) is 3.02. The lowest BCUT2D eigenvalue weighted by Gasteiger charge is -2.20. The smallest absolute Gasteiger partial charge is 0.201 e. The van der Waals surface area contributed by atoms with E-state index in [1.807, 2.05) is 0 Å². The van der Waals surface area contributed by atoms with Gasteiger partial charge in [-0.1, -0.05) is 12.1 Å². The number of fused-ring (bicyclic) bond motifs is 2. The standard InChI is InChI=1S/C18H12N2O4/c21-13-3-1-2-11-15(13)18(24)16-12(17(11)23)6-10(7-14(16)22)8-20-5-4-19-9-20/h1-7,9,21-22H,8H2. The second kappa shape index (κ2) is 5.06. The van der Waals surface area contributed by atoms with Gasteiger partial charge in [-0.05, 0) is 23.8 Å². The Labute approximate surface area is 136 Å². The van der Waals surface area contributed by atoms with Crippen molar-refractivity contribution in [3.63, 3.8) is 0 Å². The molecular weight excluding hydrogens is 308 g/mol. The van der Waals surface area contributed by atoms with Gasteiger partial charge in [-0.15, -0.1) is 0 Å². The zero-order chi connectivity index (χ0) is 16.8. The Morgan fingerprint density at radius 3 is 2.50 bits per heavy atom. The van der Waals surface area contributed by atoms with Gasteiger partial charge in [0.2, 0.25) is 5.78 Å². The molecule has 0 bridgehead atoms. The van der Waals surface area contributed by atoms with Gasteiger partial charge in [-0.25, -0.2) is 4.98 Å². The van der Waals surface area contributed by atoms with Gasteiger partial charge in [0, 0.05) is 30.1 Å². The molecule has 0 fully saturated rings. The van der Waals surface area contributed by atoms with E-state index in [1.165, 1.54) is 24.3 Å². The molecule has 0 unspecified atom stereocenters. The molecule has 1 aromatic heterocycles. The molecule has 0 saturated heterocycles. The molecular formula is C18H12N2O4. The summed E-state index contributed by atoms with van der Waals surface area (Å²) in [4.78, 5) is 29.3. The number of carbonyl (C=O) groups excluding carboxylic acids is 2. The summed E-state index contributed by atoms with van der Waals surface area (Å²) in [7, 11) is 0. The largest absolute Gasteiger partial charge is 0.507 e. The summed E-state index contributed by atoms with van der Waals surface area (Å²) < 4.78 is 1.79. The van der Waals surface area contributed by atoms with Crippen molar-refractivity contribution in [1.82, 2.24) is 9.55 Å². The predicted molar refractivity (Wildman–Crippen MR) is 84.4 cm³/mol. The number of nitrogens with zero attached hydrogens (tertiary/aromatic N) is 2. The number of phenolic OH excluding ortho intramolecular Hbond substituents is 2. The van der Waals surface area contributed by atoms with Crippen molar-refractivity contribution >= 4 is 11.6 Å². The van der Waals surface area contributed by atoms with Gasteiger partial charge < -0.3 is 14.8 Å². The molecule has 24 heavy (non-hydrogen) atoms. The topological polar surface area (TPSA) is 92.4 Å². The van der Waals surface area contributed by atoms with Gasteiger partial charge in [0.05, 0.1) is 17.5 Å². The minimum absolute atomic E-state index is 0.0624. The maximum atomic E-state index is 12.7. The molecule has 1 heterocycles. The van der Waals surface area contributed by atoms with Crippen LogP contribution in [0.2, 0.25) is 0 Å². The second-order valence-electron chi connectivity index (χ2n) is 5.63. The molecule has 0 radical (unpaired) electrons. The molecule has 1 aliphatic carbocycles. The van der Waals surface area contributed by atoms with E-state index in [2.05, 4.69) is 4.98 Å². The quantitative estimate of drug-likeness (QED) is 0.590. The van der Waals surface area contributed by atoms with Crippen LogP contribution < -0.4 is 0 Å². The highest BCUT2D eigenvalue weighted by molar-refractivity contribution is 6.30. The van der Waals surface area contributed by atoms with E-state index in [1.54, 1.807) is 29.4 Å². The van der Waals surface area contributed by atoms with E-state index in [0.29, 0.717) is 12.1 Å². The van der Waals surface area contributed by atoms with Crippen molar-refractivity contribution in [3.8, 4) is 11.5 Å². The number of phenols is 2. The Kier molecular flexibility index (Phi) is 2.99. The number of ketones is 2. The van der Waals surface area contributed by atoms with Crippen LogP contribution in [0.1, 0.15) is 37.4 Å². The molecule has 2 N–H and O–H groups in total. The summed E-state index contributed by atoms with van der Waals surface area (Å²) in [5, 5.41) is 20.2. The first-order chi connectivity index (χ1) is 11.6. The molecule has 3 aromatic rings. The third-order valence-electron chi connectivity index (χ3n) is 4.09. The number of aromatic nitrogens is 2. The van der Waals surface area contributed by atoms with Crippen molar-refractivity contribution < 1.29 is 19.8 Å². The highest BCUT2D eigenvalue weighted by Crippen LogP contribution is 2.37. The first-order valence-corrected chi connectivity index (χ1v) is 7.29. The number of hydrogen-bond donors (Lipinski definition) is 2. The molecule has 2 aromatic carbocycles. The van der Waals surface area contributed by atoms with Gasteiger partial charge in [-0.2, -0.15) is 0 Å². The molecule has 0 amide bonds. The molecule has 0 saturated carbocycles. The van der Waals surface area contributed by atoms with E-state index < -0.39 is 11.6 Å². The van der Waals surface area contributed by atoms with Crippen LogP contribution in [-0.2, 0) is 6.54 Å². The first-order valence-electron chi connectivity index (χ1n) is 7.29. The fraction of sp³-hybridized carbons (Fsp3) is 0.0556. The Bertz CT molecular complexity index is 991. The minimum Gasteiger partial charge on any atom is -0.507 e. The molecule has 118 valence electrons. The third kappa shape index (κ3) is 2.00. The van der Waals surface area contributed by atoms with Crippen LogP contribution in [0.25, 0.3) is 0 Å². The Morgan fingerprint density at radius 2 is 1.75 bits per heavy atom. The van der Waals surface area contributed by atoms with Gasteiger partial charge in [0.25, 0.3) is 0 Å². The highest BCUT2D eigenvalue weighted by Gasteiger charge is 2.34. The van der Waals surface area contributed by atoms with Crippen LogP contribution in [0.15, 0.2) is 49.1 Å².